The Hall–Kier alpha value is -0.120. The Labute approximate surface area is 87.6 Å². The van der Waals surface area contributed by atoms with Gasteiger partial charge in [0.2, 0.25) is 0 Å². The fourth-order valence-electron chi connectivity index (χ4n) is 1.01. The third-order valence-electron chi connectivity index (χ3n) is 2.64. The molecule has 86 valence electrons. The zero-order chi connectivity index (χ0) is 11.2. The highest BCUT2D eigenvalue weighted by Crippen LogP contribution is 2.16. The lowest BCUT2D eigenvalue weighted by Gasteiger charge is -2.25. The maximum Gasteiger partial charge on any atom is 0.0742 e. The largest absolute Gasteiger partial charge is 0.389 e. The summed E-state index contributed by atoms with van der Waals surface area (Å²) in [7, 11) is 0. The number of hydrogen-bond acceptors (Lipinski definition) is 3. The van der Waals surface area contributed by atoms with E-state index in [1.807, 2.05) is 0 Å². The van der Waals surface area contributed by atoms with Gasteiger partial charge in [0.15, 0.2) is 0 Å². The summed E-state index contributed by atoms with van der Waals surface area (Å²) < 4.78 is 5.67. The predicted molar refractivity (Wildman–Crippen MR) is 59.2 cm³/mol. The molecule has 0 spiro atoms. The lowest BCUT2D eigenvalue weighted by atomic mass is 10.0. The Bertz CT molecular complexity index is 137. The highest BCUT2D eigenvalue weighted by molar-refractivity contribution is 4.73. The first-order chi connectivity index (χ1) is 6.33. The molecule has 0 fully saturated rings. The summed E-state index contributed by atoms with van der Waals surface area (Å²) in [4.78, 5) is 0. The van der Waals surface area contributed by atoms with E-state index in [0.29, 0.717) is 19.6 Å². The van der Waals surface area contributed by atoms with Crippen LogP contribution in [0.15, 0.2) is 0 Å². The highest BCUT2D eigenvalue weighted by Gasteiger charge is 2.19. The SMILES string of the molecule is CCC(C)(C)OCCCC(C)(O)CN. The summed E-state index contributed by atoms with van der Waals surface area (Å²) in [6, 6.07) is 0. The van der Waals surface area contributed by atoms with Crippen molar-refractivity contribution in [1.82, 2.24) is 0 Å². The first kappa shape index (κ1) is 13.9. The van der Waals surface area contributed by atoms with Crippen molar-refractivity contribution in [3.63, 3.8) is 0 Å². The van der Waals surface area contributed by atoms with Crippen LogP contribution in [0.4, 0.5) is 0 Å². The molecule has 0 bridgehead atoms. The Morgan fingerprint density at radius 2 is 1.86 bits per heavy atom. The minimum Gasteiger partial charge on any atom is -0.389 e. The molecule has 0 aromatic carbocycles. The average molecular weight is 203 g/mol. The summed E-state index contributed by atoms with van der Waals surface area (Å²) in [5.41, 5.74) is 4.63. The molecular weight excluding hydrogens is 178 g/mol. The van der Waals surface area contributed by atoms with Gasteiger partial charge in [-0.05, 0) is 40.0 Å². The van der Waals surface area contributed by atoms with Crippen LogP contribution in [-0.2, 0) is 4.74 Å². The van der Waals surface area contributed by atoms with Crippen molar-refractivity contribution in [2.24, 2.45) is 5.73 Å². The van der Waals surface area contributed by atoms with Crippen LogP contribution in [0, 0.1) is 0 Å². The number of ether oxygens (including phenoxy) is 1. The Balaban J connectivity index is 3.57. The molecule has 0 radical (unpaired) electrons. The molecule has 0 aliphatic heterocycles. The number of nitrogens with two attached hydrogens (primary N) is 1. The quantitative estimate of drug-likeness (QED) is 0.619. The van der Waals surface area contributed by atoms with Gasteiger partial charge in [0.25, 0.3) is 0 Å². The van der Waals surface area contributed by atoms with E-state index in [1.165, 1.54) is 0 Å². The predicted octanol–water partition coefficient (Wildman–Crippen LogP) is 1.68. The van der Waals surface area contributed by atoms with Gasteiger partial charge in [-0.1, -0.05) is 6.92 Å². The monoisotopic (exact) mass is 203 g/mol. The van der Waals surface area contributed by atoms with Crippen molar-refractivity contribution in [2.45, 2.75) is 58.2 Å². The Kier molecular flexibility index (Phi) is 5.64. The zero-order valence-electron chi connectivity index (χ0n) is 9.97. The molecule has 1 atom stereocenters. The van der Waals surface area contributed by atoms with E-state index >= 15 is 0 Å². The molecule has 0 aliphatic carbocycles. The lowest BCUT2D eigenvalue weighted by Crippen LogP contribution is -2.34. The minimum atomic E-state index is -0.736. The molecule has 0 saturated carbocycles. The molecule has 0 aliphatic rings. The maximum atomic E-state index is 9.63. The fourth-order valence-corrected chi connectivity index (χ4v) is 1.01. The second kappa shape index (κ2) is 5.69. The number of aliphatic hydroxyl groups is 1. The molecule has 14 heavy (non-hydrogen) atoms. The zero-order valence-corrected chi connectivity index (χ0v) is 9.97. The second-order valence-electron chi connectivity index (χ2n) is 4.77. The van der Waals surface area contributed by atoms with Gasteiger partial charge in [-0.3, -0.25) is 0 Å². The summed E-state index contributed by atoms with van der Waals surface area (Å²) >= 11 is 0. The van der Waals surface area contributed by atoms with Crippen LogP contribution in [-0.4, -0.2) is 29.5 Å². The van der Waals surface area contributed by atoms with Crippen molar-refractivity contribution < 1.29 is 9.84 Å². The van der Waals surface area contributed by atoms with Crippen molar-refractivity contribution in [3.8, 4) is 0 Å². The van der Waals surface area contributed by atoms with E-state index in [1.54, 1.807) is 6.92 Å². The molecular formula is C11H25NO2. The topological polar surface area (TPSA) is 55.5 Å². The van der Waals surface area contributed by atoms with Gasteiger partial charge in [0.05, 0.1) is 11.2 Å². The van der Waals surface area contributed by atoms with Gasteiger partial charge in [-0.2, -0.15) is 0 Å². The third kappa shape index (κ3) is 6.35. The first-order valence-electron chi connectivity index (χ1n) is 5.39. The van der Waals surface area contributed by atoms with Crippen LogP contribution < -0.4 is 5.73 Å². The smallest absolute Gasteiger partial charge is 0.0742 e. The molecule has 0 amide bonds. The molecule has 0 rings (SSSR count). The molecule has 1 unspecified atom stereocenters. The van der Waals surface area contributed by atoms with E-state index in [0.717, 1.165) is 12.8 Å². The van der Waals surface area contributed by atoms with Gasteiger partial charge in [0.1, 0.15) is 0 Å². The van der Waals surface area contributed by atoms with E-state index in [9.17, 15) is 5.11 Å². The van der Waals surface area contributed by atoms with E-state index < -0.39 is 5.60 Å². The van der Waals surface area contributed by atoms with Crippen molar-refractivity contribution in [3.05, 3.63) is 0 Å². The second-order valence-corrected chi connectivity index (χ2v) is 4.77. The van der Waals surface area contributed by atoms with E-state index in [4.69, 9.17) is 10.5 Å². The van der Waals surface area contributed by atoms with Crippen molar-refractivity contribution in [1.29, 1.82) is 0 Å². The maximum absolute atomic E-state index is 9.63. The number of rotatable bonds is 7. The fraction of sp³-hybridized carbons (Fsp3) is 1.00. The molecule has 0 aromatic rings. The Morgan fingerprint density at radius 3 is 2.29 bits per heavy atom. The van der Waals surface area contributed by atoms with Crippen LogP contribution in [0.5, 0.6) is 0 Å². The normalized spacial score (nSPS) is 16.7. The third-order valence-corrected chi connectivity index (χ3v) is 2.64. The van der Waals surface area contributed by atoms with Gasteiger partial charge in [0, 0.05) is 13.2 Å². The standard InChI is InChI=1S/C11H25NO2/c1-5-10(2,3)14-8-6-7-11(4,13)9-12/h13H,5-9,12H2,1-4H3. The molecule has 0 aromatic heterocycles. The van der Waals surface area contributed by atoms with Gasteiger partial charge in [-0.25, -0.2) is 0 Å². The van der Waals surface area contributed by atoms with Gasteiger partial charge >= 0.3 is 0 Å². The van der Waals surface area contributed by atoms with E-state index in [-0.39, 0.29) is 5.60 Å². The first-order valence-corrected chi connectivity index (χ1v) is 5.39. The van der Waals surface area contributed by atoms with Crippen LogP contribution >= 0.6 is 0 Å². The summed E-state index contributed by atoms with van der Waals surface area (Å²) in [6.45, 7) is 9.03. The van der Waals surface area contributed by atoms with Crippen LogP contribution in [0.1, 0.15) is 47.0 Å². The molecule has 0 saturated heterocycles. The molecule has 3 N–H and O–H groups in total. The van der Waals surface area contributed by atoms with Gasteiger partial charge in [-0.15, -0.1) is 0 Å². The van der Waals surface area contributed by atoms with Gasteiger partial charge < -0.3 is 15.6 Å². The van der Waals surface area contributed by atoms with Crippen LogP contribution in [0.3, 0.4) is 0 Å². The van der Waals surface area contributed by atoms with Crippen LogP contribution in [0.25, 0.3) is 0 Å². The van der Waals surface area contributed by atoms with E-state index in [2.05, 4.69) is 20.8 Å². The molecule has 3 heteroatoms. The summed E-state index contributed by atoms with van der Waals surface area (Å²) in [5, 5.41) is 9.63. The van der Waals surface area contributed by atoms with Crippen molar-refractivity contribution in [2.75, 3.05) is 13.2 Å². The molecule has 3 nitrogen and oxygen atoms in total. The minimum absolute atomic E-state index is 0.0471. The lowest BCUT2D eigenvalue weighted by molar-refractivity contribution is -0.0309. The summed E-state index contributed by atoms with van der Waals surface area (Å²) in [6.07, 6.45) is 2.55. The van der Waals surface area contributed by atoms with Crippen LogP contribution in [0.2, 0.25) is 0 Å². The molecule has 0 heterocycles. The summed E-state index contributed by atoms with van der Waals surface area (Å²) in [5.74, 6) is 0. The average Bonchev–Trinajstić information content (AvgIpc) is 2.13. The Morgan fingerprint density at radius 1 is 1.29 bits per heavy atom. The highest BCUT2D eigenvalue weighted by atomic mass is 16.5. The number of hydrogen-bond donors (Lipinski definition) is 2. The van der Waals surface area contributed by atoms with Crippen molar-refractivity contribution >= 4 is 0 Å².